The van der Waals surface area contributed by atoms with Crippen LogP contribution in [0, 0.1) is 11.3 Å². The first-order valence-electron chi connectivity index (χ1n) is 12.8. The van der Waals surface area contributed by atoms with Crippen molar-refractivity contribution in [1.29, 1.82) is 0 Å². The number of aliphatic imine (C=N–C) groups is 2. The highest BCUT2D eigenvalue weighted by atomic mass is 16.1. The highest BCUT2D eigenvalue weighted by molar-refractivity contribution is 6.10. The first-order valence-corrected chi connectivity index (χ1v) is 12.8. The average Bonchev–Trinajstić information content (AvgIpc) is 2.79. The highest BCUT2D eigenvalue weighted by Crippen LogP contribution is 2.24. The topological polar surface area (TPSA) is 72.3 Å². The van der Waals surface area contributed by atoms with Crippen molar-refractivity contribution in [2.75, 3.05) is 59.9 Å². The molecule has 1 heterocycles. The van der Waals surface area contributed by atoms with E-state index in [0.717, 1.165) is 63.6 Å². The molecule has 1 saturated carbocycles. The second kappa shape index (κ2) is 13.9. The lowest BCUT2D eigenvalue weighted by molar-refractivity contribution is -0.117. The van der Waals surface area contributed by atoms with Crippen LogP contribution in [0.4, 0.5) is 0 Å². The number of carbonyl (C=O) groups excluding carboxylic acids is 1. The molecule has 33 heavy (non-hydrogen) atoms. The second-order valence-electron chi connectivity index (χ2n) is 10.7. The lowest BCUT2D eigenvalue weighted by Crippen LogP contribution is -2.44. The first-order chi connectivity index (χ1) is 15.7. The molecule has 1 aliphatic carbocycles. The molecular weight excluding hydrogens is 412 g/mol. The Morgan fingerprint density at radius 1 is 1.09 bits per heavy atom. The van der Waals surface area contributed by atoms with Gasteiger partial charge in [0.1, 0.15) is 0 Å². The number of amides is 1. The van der Waals surface area contributed by atoms with E-state index in [2.05, 4.69) is 58.2 Å². The number of allylic oxidation sites excluding steroid dienone is 1. The molecule has 2 rings (SSSR count). The smallest absolute Gasteiger partial charge is 0.249 e. The van der Waals surface area contributed by atoms with Gasteiger partial charge in [-0.25, -0.2) is 0 Å². The van der Waals surface area contributed by atoms with Crippen molar-refractivity contribution in [3.8, 4) is 0 Å². The van der Waals surface area contributed by atoms with Crippen LogP contribution in [0.3, 0.4) is 0 Å². The van der Waals surface area contributed by atoms with Gasteiger partial charge in [0.2, 0.25) is 5.91 Å². The number of likely N-dealkylation sites (N-methyl/N-ethyl adjacent to an activating group) is 1. The molecule has 1 amide bonds. The summed E-state index contributed by atoms with van der Waals surface area (Å²) in [5.41, 5.74) is 2.15. The molecule has 0 spiro atoms. The van der Waals surface area contributed by atoms with Gasteiger partial charge in [0.25, 0.3) is 0 Å². The average molecular weight is 461 g/mol. The van der Waals surface area contributed by atoms with Crippen molar-refractivity contribution in [2.24, 2.45) is 21.3 Å². The van der Waals surface area contributed by atoms with Gasteiger partial charge in [-0.15, -0.1) is 0 Å². The van der Waals surface area contributed by atoms with Gasteiger partial charge in [-0.05, 0) is 45.7 Å². The third-order valence-corrected chi connectivity index (χ3v) is 6.82. The summed E-state index contributed by atoms with van der Waals surface area (Å²) in [4.78, 5) is 27.0. The van der Waals surface area contributed by atoms with Gasteiger partial charge in [-0.2, -0.15) is 0 Å². The molecule has 0 aromatic heterocycles. The van der Waals surface area contributed by atoms with Gasteiger partial charge in [-0.1, -0.05) is 40.0 Å². The number of hydrogen-bond donors (Lipinski definition) is 2. The Labute approximate surface area is 202 Å². The molecule has 2 N–H and O–H groups in total. The summed E-state index contributed by atoms with van der Waals surface area (Å²) in [7, 11) is 3.98. The molecule has 0 bridgehead atoms. The molecule has 0 radical (unpaired) electrons. The molecule has 0 aromatic carbocycles. The maximum atomic E-state index is 13.0. The maximum absolute atomic E-state index is 13.0. The van der Waals surface area contributed by atoms with Crippen molar-refractivity contribution in [3.05, 3.63) is 11.3 Å². The van der Waals surface area contributed by atoms with E-state index < -0.39 is 0 Å². The van der Waals surface area contributed by atoms with Gasteiger partial charge >= 0.3 is 0 Å². The van der Waals surface area contributed by atoms with Crippen LogP contribution in [-0.4, -0.2) is 87.7 Å². The summed E-state index contributed by atoms with van der Waals surface area (Å²) in [5.74, 6) is 0.590. The van der Waals surface area contributed by atoms with Crippen molar-refractivity contribution in [1.82, 2.24) is 20.4 Å². The Morgan fingerprint density at radius 2 is 1.76 bits per heavy atom. The van der Waals surface area contributed by atoms with E-state index in [4.69, 9.17) is 0 Å². The quantitative estimate of drug-likeness (QED) is 0.227. The number of hydrogen-bond acceptors (Lipinski definition) is 5. The summed E-state index contributed by atoms with van der Waals surface area (Å²) in [6.07, 6.45) is 9.11. The van der Waals surface area contributed by atoms with Crippen LogP contribution < -0.4 is 10.6 Å². The van der Waals surface area contributed by atoms with Gasteiger partial charge in [0.05, 0.1) is 17.7 Å². The van der Waals surface area contributed by atoms with Crippen LogP contribution in [0.5, 0.6) is 0 Å². The Bertz CT molecular complexity index is 692. The third-order valence-electron chi connectivity index (χ3n) is 6.82. The summed E-state index contributed by atoms with van der Waals surface area (Å²) in [6.45, 7) is 15.4. The molecule has 1 aliphatic heterocycles. The van der Waals surface area contributed by atoms with Crippen molar-refractivity contribution in [2.45, 2.75) is 66.2 Å². The van der Waals surface area contributed by atoms with E-state index in [-0.39, 0.29) is 11.3 Å². The van der Waals surface area contributed by atoms with E-state index >= 15 is 0 Å². The second-order valence-corrected chi connectivity index (χ2v) is 10.7. The number of nitrogens with one attached hydrogen (secondary N) is 2. The van der Waals surface area contributed by atoms with Crippen LogP contribution in [0.15, 0.2) is 21.3 Å². The van der Waals surface area contributed by atoms with Crippen molar-refractivity contribution < 1.29 is 4.79 Å². The fourth-order valence-corrected chi connectivity index (χ4v) is 4.68. The Morgan fingerprint density at radius 3 is 2.36 bits per heavy atom. The van der Waals surface area contributed by atoms with E-state index in [9.17, 15) is 4.79 Å². The predicted molar refractivity (Wildman–Crippen MR) is 140 cm³/mol. The Hall–Kier alpha value is -1.73. The van der Waals surface area contributed by atoms with Gasteiger partial charge in [-0.3, -0.25) is 14.8 Å². The van der Waals surface area contributed by atoms with Crippen molar-refractivity contribution in [3.63, 3.8) is 0 Å². The fraction of sp³-hybridized carbons (Fsp3) is 0.808. The van der Waals surface area contributed by atoms with Gasteiger partial charge in [0, 0.05) is 57.3 Å². The van der Waals surface area contributed by atoms with Crippen LogP contribution >= 0.6 is 0 Å². The molecule has 188 valence electrons. The molecule has 0 unspecified atom stereocenters. The van der Waals surface area contributed by atoms with E-state index in [1.54, 1.807) is 13.4 Å². The molecule has 0 aromatic rings. The predicted octanol–water partition coefficient (Wildman–Crippen LogP) is 3.33. The normalized spacial score (nSPS) is 20.7. The molecule has 0 atom stereocenters. The van der Waals surface area contributed by atoms with Crippen LogP contribution in [0.1, 0.15) is 66.2 Å². The maximum Gasteiger partial charge on any atom is 0.249 e. The number of piperazine rings is 1. The van der Waals surface area contributed by atoms with E-state index in [1.165, 1.54) is 32.1 Å². The Kier molecular flexibility index (Phi) is 11.5. The van der Waals surface area contributed by atoms with Gasteiger partial charge in [0.15, 0.2) is 0 Å². The van der Waals surface area contributed by atoms with Crippen LogP contribution in [0.2, 0.25) is 0 Å². The van der Waals surface area contributed by atoms with Gasteiger partial charge < -0.3 is 20.4 Å². The minimum Gasteiger partial charge on any atom is -0.352 e. The SMILES string of the molecule is CN=C(/C(NC=NCCCN1CCN(C)CC1)=C(\C)C(=O)NCC1CCCCC1)C(C)(C)C. The molecular formula is C26H48N6O. The largest absolute Gasteiger partial charge is 0.352 e. The lowest BCUT2D eigenvalue weighted by atomic mass is 9.86. The first kappa shape index (κ1) is 27.5. The van der Waals surface area contributed by atoms with Crippen molar-refractivity contribution >= 4 is 18.0 Å². The number of nitrogens with zero attached hydrogens (tertiary/aromatic N) is 4. The summed E-state index contributed by atoms with van der Waals surface area (Å²) in [6, 6.07) is 0. The van der Waals surface area contributed by atoms with E-state index in [1.807, 2.05) is 6.92 Å². The zero-order valence-corrected chi connectivity index (χ0v) is 22.0. The lowest BCUT2D eigenvalue weighted by Gasteiger charge is -2.32. The standard InChI is InChI=1S/C26H48N6O/c1-21(25(33)29-19-22-11-8-7-9-12-22)23(24(27-5)26(2,3)4)30-20-28-13-10-14-32-17-15-31(6)16-18-32/h20,22H,7-19H2,1-6H3,(H,28,30)(H,29,33)/b23-21-,27-24?. The van der Waals surface area contributed by atoms with E-state index in [0.29, 0.717) is 11.5 Å². The van der Waals surface area contributed by atoms with Crippen LogP contribution in [0.25, 0.3) is 0 Å². The minimum atomic E-state index is -0.183. The molecule has 1 saturated heterocycles. The molecule has 7 nitrogen and oxygen atoms in total. The number of rotatable bonds is 10. The number of carbonyl (C=O) groups is 1. The summed E-state index contributed by atoms with van der Waals surface area (Å²) >= 11 is 0. The van der Waals surface area contributed by atoms with Crippen LogP contribution in [-0.2, 0) is 4.79 Å². The molecule has 2 fully saturated rings. The summed E-state index contributed by atoms with van der Waals surface area (Å²) < 4.78 is 0. The Balaban J connectivity index is 1.94. The third kappa shape index (κ3) is 9.57. The molecule has 7 heteroatoms. The monoisotopic (exact) mass is 460 g/mol. The summed E-state index contributed by atoms with van der Waals surface area (Å²) in [5, 5.41) is 6.48. The zero-order valence-electron chi connectivity index (χ0n) is 22.0. The highest BCUT2D eigenvalue weighted by Gasteiger charge is 2.26. The molecule has 2 aliphatic rings. The fourth-order valence-electron chi connectivity index (χ4n) is 4.68. The minimum absolute atomic E-state index is 0.0167. The zero-order chi connectivity index (χ0) is 24.3.